The van der Waals surface area contributed by atoms with Crippen molar-refractivity contribution in [2.45, 2.75) is 25.4 Å². The van der Waals surface area contributed by atoms with Crippen LogP contribution in [0.25, 0.3) is 22.2 Å². The average Bonchev–Trinajstić information content (AvgIpc) is 3.23. The van der Waals surface area contributed by atoms with E-state index in [4.69, 9.17) is 4.42 Å². The Morgan fingerprint density at radius 2 is 1.71 bits per heavy atom. The molecular formula is C27H25F2N3O3. The minimum Gasteiger partial charge on any atom is -0.408 e. The van der Waals surface area contributed by atoms with Crippen molar-refractivity contribution in [1.29, 1.82) is 0 Å². The smallest absolute Gasteiger partial charge is 0.408 e. The molecule has 6 nitrogen and oxygen atoms in total. The van der Waals surface area contributed by atoms with E-state index < -0.39 is 17.4 Å². The van der Waals surface area contributed by atoms with Crippen molar-refractivity contribution in [1.82, 2.24) is 14.8 Å². The molecule has 1 aliphatic rings. The number of halogens is 2. The summed E-state index contributed by atoms with van der Waals surface area (Å²) in [5.74, 6) is -1.61. The third-order valence-electron chi connectivity index (χ3n) is 6.62. The highest BCUT2D eigenvalue weighted by molar-refractivity contribution is 5.94. The van der Waals surface area contributed by atoms with Crippen LogP contribution in [0.5, 0.6) is 0 Å². The molecule has 0 radical (unpaired) electrons. The van der Waals surface area contributed by atoms with Gasteiger partial charge < -0.3 is 14.2 Å². The zero-order valence-electron chi connectivity index (χ0n) is 19.3. The van der Waals surface area contributed by atoms with Gasteiger partial charge in [-0.2, -0.15) is 0 Å². The molecule has 0 bridgehead atoms. The van der Waals surface area contributed by atoms with E-state index in [1.165, 1.54) is 30.3 Å². The van der Waals surface area contributed by atoms with Crippen LogP contribution >= 0.6 is 0 Å². The Bertz CT molecular complexity index is 1420. The molecule has 3 aromatic carbocycles. The average molecular weight is 478 g/mol. The Kier molecular flexibility index (Phi) is 6.21. The predicted octanol–water partition coefficient (Wildman–Crippen LogP) is 4.80. The summed E-state index contributed by atoms with van der Waals surface area (Å²) in [6, 6.07) is 15.4. The second kappa shape index (κ2) is 9.46. The molecule has 0 unspecified atom stereocenters. The number of oxazole rings is 1. The molecule has 1 aromatic heterocycles. The second-order valence-corrected chi connectivity index (χ2v) is 9.01. The molecule has 8 heteroatoms. The number of aromatic nitrogens is 1. The fourth-order valence-corrected chi connectivity index (χ4v) is 4.62. The van der Waals surface area contributed by atoms with Crippen LogP contribution in [0.3, 0.4) is 0 Å². The lowest BCUT2D eigenvalue weighted by atomic mass is 9.99. The van der Waals surface area contributed by atoms with Gasteiger partial charge in [-0.1, -0.05) is 12.1 Å². The third kappa shape index (κ3) is 4.88. The number of nitrogens with zero attached hydrogens (tertiary/aromatic N) is 2. The van der Waals surface area contributed by atoms with E-state index in [-0.39, 0.29) is 18.5 Å². The maximum atomic E-state index is 15.0. The lowest BCUT2D eigenvalue weighted by molar-refractivity contribution is 0.0567. The number of fused-ring (bicyclic) bond motifs is 1. The van der Waals surface area contributed by atoms with Gasteiger partial charge in [0.05, 0.1) is 5.52 Å². The molecule has 0 aliphatic carbocycles. The first-order valence-electron chi connectivity index (χ1n) is 11.5. The zero-order valence-corrected chi connectivity index (χ0v) is 19.3. The highest BCUT2D eigenvalue weighted by Gasteiger charge is 2.28. The van der Waals surface area contributed by atoms with Gasteiger partial charge in [-0.3, -0.25) is 9.78 Å². The van der Waals surface area contributed by atoms with Crippen LogP contribution in [0.1, 0.15) is 28.8 Å². The summed E-state index contributed by atoms with van der Waals surface area (Å²) >= 11 is 0. The molecule has 0 atom stereocenters. The van der Waals surface area contributed by atoms with E-state index in [0.717, 1.165) is 37.1 Å². The first-order chi connectivity index (χ1) is 16.9. The number of benzene rings is 3. The number of carbonyl (C=O) groups excluding carboxylic acids is 1. The summed E-state index contributed by atoms with van der Waals surface area (Å²) in [6.07, 6.45) is 1.54. The van der Waals surface area contributed by atoms with E-state index in [1.54, 1.807) is 29.2 Å². The standard InChI is InChI=1S/C27H25F2N3O3/c1-31-12-10-22(11-13-31)32(26(33)17-2-6-21(28)7-3-17)16-20-14-18(4-8-23(20)29)19-5-9-24-25(15-19)35-27(34)30-24/h2-9,14-15,22H,10-13,16H2,1H3,(H,30,34). The fourth-order valence-electron chi connectivity index (χ4n) is 4.62. The fraction of sp³-hybridized carbons (Fsp3) is 0.259. The summed E-state index contributed by atoms with van der Waals surface area (Å²) < 4.78 is 33.6. The molecule has 2 heterocycles. The number of aromatic amines is 1. The summed E-state index contributed by atoms with van der Waals surface area (Å²) in [5.41, 5.74) is 3.25. The van der Waals surface area contributed by atoms with Gasteiger partial charge in [0, 0.05) is 23.7 Å². The van der Waals surface area contributed by atoms with E-state index in [1.807, 2.05) is 13.1 Å². The molecule has 35 heavy (non-hydrogen) atoms. The molecule has 1 saturated heterocycles. The van der Waals surface area contributed by atoms with E-state index in [0.29, 0.717) is 22.2 Å². The second-order valence-electron chi connectivity index (χ2n) is 9.01. The Labute approximate surface area is 200 Å². The molecule has 1 fully saturated rings. The van der Waals surface area contributed by atoms with Gasteiger partial charge in [0.2, 0.25) is 0 Å². The molecule has 5 rings (SSSR count). The van der Waals surface area contributed by atoms with Crippen molar-refractivity contribution >= 4 is 17.0 Å². The minimum absolute atomic E-state index is 0.0581. The molecule has 1 N–H and O–H groups in total. The Hall–Kier alpha value is -3.78. The SMILES string of the molecule is CN1CCC(N(Cc2cc(-c3ccc4[nH]c(=O)oc4c3)ccc2F)C(=O)c2ccc(F)cc2)CC1. The van der Waals surface area contributed by atoms with Crippen LogP contribution < -0.4 is 5.76 Å². The van der Waals surface area contributed by atoms with Crippen molar-refractivity contribution in [2.75, 3.05) is 20.1 Å². The molecule has 0 saturated carbocycles. The van der Waals surface area contributed by atoms with Crippen molar-refractivity contribution in [3.63, 3.8) is 0 Å². The lowest BCUT2D eigenvalue weighted by Gasteiger charge is -2.37. The number of rotatable bonds is 5. The van der Waals surface area contributed by atoms with Gasteiger partial charge in [-0.25, -0.2) is 13.6 Å². The minimum atomic E-state index is -0.537. The van der Waals surface area contributed by atoms with Crippen molar-refractivity contribution < 1.29 is 18.0 Å². The van der Waals surface area contributed by atoms with Gasteiger partial charge in [-0.05, 0) is 92.6 Å². The summed E-state index contributed by atoms with van der Waals surface area (Å²) in [7, 11) is 2.04. The molecule has 1 amide bonds. The number of hydrogen-bond acceptors (Lipinski definition) is 4. The van der Waals surface area contributed by atoms with Crippen molar-refractivity contribution in [3.8, 4) is 11.1 Å². The quantitative estimate of drug-likeness (QED) is 0.448. The maximum absolute atomic E-state index is 15.0. The maximum Gasteiger partial charge on any atom is 0.417 e. The van der Waals surface area contributed by atoms with Crippen LogP contribution in [-0.2, 0) is 6.54 Å². The Morgan fingerprint density at radius 3 is 2.46 bits per heavy atom. The summed E-state index contributed by atoms with van der Waals surface area (Å²) in [4.78, 5) is 31.5. The highest BCUT2D eigenvalue weighted by Crippen LogP contribution is 2.28. The van der Waals surface area contributed by atoms with Gasteiger partial charge in [0.25, 0.3) is 5.91 Å². The van der Waals surface area contributed by atoms with E-state index in [2.05, 4.69) is 9.88 Å². The monoisotopic (exact) mass is 477 g/mol. The molecule has 0 spiro atoms. The normalized spacial score (nSPS) is 14.9. The van der Waals surface area contributed by atoms with Gasteiger partial charge in [-0.15, -0.1) is 0 Å². The Balaban J connectivity index is 1.48. The largest absolute Gasteiger partial charge is 0.417 e. The van der Waals surface area contributed by atoms with Crippen LogP contribution in [0, 0.1) is 11.6 Å². The number of likely N-dealkylation sites (tertiary alicyclic amines) is 1. The Morgan fingerprint density at radius 1 is 1.03 bits per heavy atom. The number of hydrogen-bond donors (Lipinski definition) is 1. The zero-order chi connectivity index (χ0) is 24.5. The van der Waals surface area contributed by atoms with Crippen molar-refractivity contribution in [3.05, 3.63) is 94.0 Å². The summed E-state index contributed by atoms with van der Waals surface area (Å²) in [5, 5.41) is 0. The van der Waals surface area contributed by atoms with Crippen LogP contribution in [0.4, 0.5) is 8.78 Å². The van der Waals surface area contributed by atoms with Crippen LogP contribution in [0.15, 0.2) is 69.9 Å². The third-order valence-corrected chi connectivity index (χ3v) is 6.62. The molecule has 4 aromatic rings. The molecular weight excluding hydrogens is 452 g/mol. The van der Waals surface area contributed by atoms with Crippen molar-refractivity contribution in [2.24, 2.45) is 0 Å². The van der Waals surface area contributed by atoms with E-state index in [9.17, 15) is 18.4 Å². The number of amides is 1. The highest BCUT2D eigenvalue weighted by atomic mass is 19.1. The van der Waals surface area contributed by atoms with Gasteiger partial charge in [0.1, 0.15) is 11.6 Å². The van der Waals surface area contributed by atoms with Crippen LogP contribution in [0.2, 0.25) is 0 Å². The van der Waals surface area contributed by atoms with Crippen LogP contribution in [-0.4, -0.2) is 46.9 Å². The number of nitrogens with one attached hydrogen (secondary N) is 1. The van der Waals surface area contributed by atoms with Gasteiger partial charge in [0.15, 0.2) is 5.58 Å². The number of piperidine rings is 1. The lowest BCUT2D eigenvalue weighted by Crippen LogP contribution is -2.46. The first kappa shape index (κ1) is 23.0. The first-order valence-corrected chi connectivity index (χ1v) is 11.5. The topological polar surface area (TPSA) is 69.6 Å². The predicted molar refractivity (Wildman–Crippen MR) is 129 cm³/mol. The molecule has 1 aliphatic heterocycles. The summed E-state index contributed by atoms with van der Waals surface area (Å²) in [6.45, 7) is 1.76. The molecule has 180 valence electrons. The van der Waals surface area contributed by atoms with E-state index >= 15 is 0 Å². The number of H-pyrrole nitrogens is 1. The number of carbonyl (C=O) groups is 1. The van der Waals surface area contributed by atoms with Gasteiger partial charge >= 0.3 is 5.76 Å².